The van der Waals surface area contributed by atoms with Crippen LogP contribution >= 0.6 is 0 Å². The van der Waals surface area contributed by atoms with Crippen molar-refractivity contribution in [3.63, 3.8) is 0 Å². The highest BCUT2D eigenvalue weighted by Gasteiger charge is 2.23. The van der Waals surface area contributed by atoms with E-state index in [1.807, 2.05) is 31.2 Å². The van der Waals surface area contributed by atoms with Gasteiger partial charge in [0, 0.05) is 17.4 Å². The minimum atomic E-state index is 0.235. The highest BCUT2D eigenvalue weighted by Crippen LogP contribution is 2.36. The first-order valence-corrected chi connectivity index (χ1v) is 7.94. The number of ether oxygens (including phenoxy) is 4. The Labute approximate surface area is 136 Å². The van der Waals surface area contributed by atoms with E-state index in [9.17, 15) is 0 Å². The number of fused-ring (bicyclic) bond motifs is 1. The van der Waals surface area contributed by atoms with Crippen molar-refractivity contribution >= 4 is 10.8 Å². The van der Waals surface area contributed by atoms with Gasteiger partial charge in [-0.3, -0.25) is 0 Å². The fraction of sp³-hybridized carbons (Fsp3) is 0.368. The van der Waals surface area contributed by atoms with E-state index in [1.165, 1.54) is 0 Å². The molecule has 23 heavy (non-hydrogen) atoms. The minimum Gasteiger partial charge on any atom is -0.490 e. The monoisotopic (exact) mass is 314 g/mol. The molecule has 1 aliphatic heterocycles. The molecule has 0 saturated carbocycles. The Morgan fingerprint density at radius 3 is 2.83 bits per heavy atom. The molecule has 0 radical (unpaired) electrons. The summed E-state index contributed by atoms with van der Waals surface area (Å²) >= 11 is 0. The van der Waals surface area contributed by atoms with Crippen molar-refractivity contribution in [2.75, 3.05) is 26.6 Å². The van der Waals surface area contributed by atoms with Crippen LogP contribution in [-0.4, -0.2) is 32.7 Å². The van der Waals surface area contributed by atoms with Crippen LogP contribution in [0.2, 0.25) is 0 Å². The van der Waals surface area contributed by atoms with Crippen molar-refractivity contribution in [1.29, 1.82) is 0 Å². The van der Waals surface area contributed by atoms with Crippen LogP contribution in [0.15, 0.2) is 43.0 Å². The lowest BCUT2D eigenvalue weighted by atomic mass is 10.0. The SMILES string of the molecule is C=CCc1ccc2c(OCC3CO3)cccc2c1OCOCC. The van der Waals surface area contributed by atoms with E-state index in [2.05, 4.69) is 18.7 Å². The minimum absolute atomic E-state index is 0.235. The Bertz CT molecular complexity index is 676. The van der Waals surface area contributed by atoms with Crippen molar-refractivity contribution in [2.45, 2.75) is 19.4 Å². The number of hydrogen-bond donors (Lipinski definition) is 0. The zero-order chi connectivity index (χ0) is 16.1. The molecular weight excluding hydrogens is 292 g/mol. The lowest BCUT2D eigenvalue weighted by molar-refractivity contribution is 0.0228. The lowest BCUT2D eigenvalue weighted by Gasteiger charge is -2.15. The number of rotatable bonds is 9. The normalized spacial score (nSPS) is 16.3. The van der Waals surface area contributed by atoms with Gasteiger partial charge < -0.3 is 18.9 Å². The fourth-order valence-corrected chi connectivity index (χ4v) is 2.49. The van der Waals surface area contributed by atoms with Gasteiger partial charge in [-0.2, -0.15) is 0 Å². The molecule has 1 atom stereocenters. The first-order valence-electron chi connectivity index (χ1n) is 7.94. The molecule has 0 aromatic heterocycles. The summed E-state index contributed by atoms with van der Waals surface area (Å²) < 4.78 is 22.3. The van der Waals surface area contributed by atoms with E-state index in [4.69, 9.17) is 18.9 Å². The maximum absolute atomic E-state index is 5.89. The summed E-state index contributed by atoms with van der Waals surface area (Å²) in [6.07, 6.45) is 2.86. The molecule has 1 fully saturated rings. The Balaban J connectivity index is 1.94. The topological polar surface area (TPSA) is 40.2 Å². The van der Waals surface area contributed by atoms with E-state index >= 15 is 0 Å². The van der Waals surface area contributed by atoms with Gasteiger partial charge in [0.1, 0.15) is 24.2 Å². The predicted molar refractivity (Wildman–Crippen MR) is 90.2 cm³/mol. The van der Waals surface area contributed by atoms with Gasteiger partial charge in [0.2, 0.25) is 0 Å². The number of epoxide rings is 1. The van der Waals surface area contributed by atoms with Gasteiger partial charge >= 0.3 is 0 Å². The first kappa shape index (κ1) is 15.8. The number of allylic oxidation sites excluding steroid dienone is 1. The highest BCUT2D eigenvalue weighted by atomic mass is 16.7. The fourth-order valence-electron chi connectivity index (χ4n) is 2.49. The van der Waals surface area contributed by atoms with Crippen LogP contribution in [0, 0.1) is 0 Å². The molecule has 1 aliphatic rings. The van der Waals surface area contributed by atoms with Crippen LogP contribution in [0.1, 0.15) is 12.5 Å². The molecule has 3 rings (SSSR count). The summed E-state index contributed by atoms with van der Waals surface area (Å²) in [7, 11) is 0. The van der Waals surface area contributed by atoms with Crippen LogP contribution < -0.4 is 9.47 Å². The quantitative estimate of drug-likeness (QED) is 0.306. The molecule has 4 heteroatoms. The third-order valence-corrected chi connectivity index (χ3v) is 3.74. The average molecular weight is 314 g/mol. The third-order valence-electron chi connectivity index (χ3n) is 3.74. The van der Waals surface area contributed by atoms with Crippen LogP contribution in [0.5, 0.6) is 11.5 Å². The molecule has 4 nitrogen and oxygen atoms in total. The Hall–Kier alpha value is -2.04. The molecule has 122 valence electrons. The third kappa shape index (κ3) is 3.84. The summed E-state index contributed by atoms with van der Waals surface area (Å²) in [5.41, 5.74) is 1.09. The van der Waals surface area contributed by atoms with Crippen LogP contribution in [0.25, 0.3) is 10.8 Å². The maximum Gasteiger partial charge on any atom is 0.189 e. The second-order valence-electron chi connectivity index (χ2n) is 5.42. The number of benzene rings is 2. The second-order valence-corrected chi connectivity index (χ2v) is 5.42. The highest BCUT2D eigenvalue weighted by molar-refractivity contribution is 5.94. The zero-order valence-corrected chi connectivity index (χ0v) is 13.4. The Kier molecular flexibility index (Phi) is 5.16. The van der Waals surface area contributed by atoms with E-state index in [-0.39, 0.29) is 12.9 Å². The van der Waals surface area contributed by atoms with Gasteiger partial charge in [0.15, 0.2) is 6.79 Å². The van der Waals surface area contributed by atoms with Crippen molar-refractivity contribution in [3.05, 3.63) is 48.6 Å². The maximum atomic E-state index is 5.89. The lowest BCUT2D eigenvalue weighted by Crippen LogP contribution is -2.06. The molecular formula is C19H22O4. The summed E-state index contributed by atoms with van der Waals surface area (Å²) in [4.78, 5) is 0. The second kappa shape index (κ2) is 7.49. The van der Waals surface area contributed by atoms with E-state index in [1.54, 1.807) is 0 Å². The van der Waals surface area contributed by atoms with Crippen LogP contribution in [0.4, 0.5) is 0 Å². The average Bonchev–Trinajstić information content (AvgIpc) is 3.39. The summed E-state index contributed by atoms with van der Waals surface area (Å²) in [5.74, 6) is 1.69. The molecule has 2 aromatic carbocycles. The zero-order valence-electron chi connectivity index (χ0n) is 13.4. The molecule has 1 saturated heterocycles. The molecule has 0 amide bonds. The predicted octanol–water partition coefficient (Wildman–Crippen LogP) is 3.72. The molecule has 2 aromatic rings. The van der Waals surface area contributed by atoms with Crippen molar-refractivity contribution in [1.82, 2.24) is 0 Å². The van der Waals surface area contributed by atoms with E-state index in [0.717, 1.165) is 40.9 Å². The summed E-state index contributed by atoms with van der Waals surface area (Å²) in [5, 5.41) is 2.06. The van der Waals surface area contributed by atoms with Crippen LogP contribution in [0.3, 0.4) is 0 Å². The molecule has 0 bridgehead atoms. The molecule has 0 N–H and O–H groups in total. The molecule has 0 spiro atoms. The van der Waals surface area contributed by atoms with Gasteiger partial charge in [-0.25, -0.2) is 0 Å². The summed E-state index contributed by atoms with van der Waals surface area (Å²) in [6.45, 7) is 8.00. The smallest absolute Gasteiger partial charge is 0.189 e. The van der Waals surface area contributed by atoms with Crippen molar-refractivity contribution < 1.29 is 18.9 Å². The number of hydrogen-bond acceptors (Lipinski definition) is 4. The largest absolute Gasteiger partial charge is 0.490 e. The van der Waals surface area contributed by atoms with Gasteiger partial charge in [-0.1, -0.05) is 30.3 Å². The van der Waals surface area contributed by atoms with Crippen molar-refractivity contribution in [2.24, 2.45) is 0 Å². The first-order chi connectivity index (χ1) is 11.3. The Morgan fingerprint density at radius 2 is 2.09 bits per heavy atom. The van der Waals surface area contributed by atoms with Crippen molar-refractivity contribution in [3.8, 4) is 11.5 Å². The van der Waals surface area contributed by atoms with Gasteiger partial charge in [0.25, 0.3) is 0 Å². The molecule has 1 heterocycles. The van der Waals surface area contributed by atoms with E-state index in [0.29, 0.717) is 13.2 Å². The van der Waals surface area contributed by atoms with Gasteiger partial charge in [0.05, 0.1) is 6.61 Å². The van der Waals surface area contributed by atoms with Gasteiger partial charge in [-0.05, 0) is 25.0 Å². The van der Waals surface area contributed by atoms with E-state index < -0.39 is 0 Å². The molecule has 1 unspecified atom stereocenters. The summed E-state index contributed by atoms with van der Waals surface area (Å²) in [6, 6.07) is 10.1. The van der Waals surface area contributed by atoms with Crippen LogP contribution in [-0.2, 0) is 15.9 Å². The van der Waals surface area contributed by atoms with Gasteiger partial charge in [-0.15, -0.1) is 6.58 Å². The Morgan fingerprint density at radius 1 is 1.22 bits per heavy atom. The molecule has 0 aliphatic carbocycles. The standard InChI is InChI=1S/C19H22O4/c1-3-6-14-9-10-16-17(19(14)23-13-20-4-2)7-5-8-18(16)22-12-15-11-21-15/h3,5,7-10,15H,1,4,6,11-13H2,2H3.